The number of rotatable bonds is 8. The van der Waals surface area contributed by atoms with E-state index >= 15 is 0 Å². The molecule has 0 spiro atoms. The molecule has 130 valence electrons. The minimum absolute atomic E-state index is 0.0556. The number of Topliss-reactive ketones (excluding diaryl/α,β-unsaturated/α-hetero) is 1. The molecule has 0 aliphatic carbocycles. The zero-order chi connectivity index (χ0) is 17.6. The van der Waals surface area contributed by atoms with Crippen LogP contribution in [-0.4, -0.2) is 39.9 Å². The summed E-state index contributed by atoms with van der Waals surface area (Å²) in [4.78, 5) is 28.9. The van der Waals surface area contributed by atoms with E-state index in [1.54, 1.807) is 35.9 Å². The largest absolute Gasteiger partial charge is 0.497 e. The van der Waals surface area contributed by atoms with Gasteiger partial charge in [0, 0.05) is 36.8 Å². The molecular formula is C17H18N4O3S. The van der Waals surface area contributed by atoms with Crippen LogP contribution >= 0.6 is 11.3 Å². The Morgan fingerprint density at radius 2 is 2.04 bits per heavy atom. The van der Waals surface area contributed by atoms with Crippen molar-refractivity contribution in [3.05, 3.63) is 47.2 Å². The van der Waals surface area contributed by atoms with Gasteiger partial charge in [-0.25, -0.2) is 9.50 Å². The number of hydrogen-bond acceptors (Lipinski definition) is 6. The van der Waals surface area contributed by atoms with Crippen LogP contribution in [0.15, 0.2) is 36.0 Å². The third kappa shape index (κ3) is 4.21. The molecule has 0 atom stereocenters. The summed E-state index contributed by atoms with van der Waals surface area (Å²) < 4.78 is 6.83. The molecule has 0 aliphatic rings. The number of carbonyl (C=O) groups excluding carboxylic acids is 2. The summed E-state index contributed by atoms with van der Waals surface area (Å²) in [6.45, 7) is 0.501. The average Bonchev–Trinajstić information content (AvgIpc) is 3.24. The molecule has 2 aromatic heterocycles. The van der Waals surface area contributed by atoms with Crippen molar-refractivity contribution < 1.29 is 14.3 Å². The van der Waals surface area contributed by atoms with E-state index in [0.717, 1.165) is 10.7 Å². The highest BCUT2D eigenvalue weighted by Gasteiger charge is 2.10. The number of hydrogen-bond donors (Lipinski definition) is 1. The molecule has 3 aromatic rings. The van der Waals surface area contributed by atoms with Crippen molar-refractivity contribution in [2.24, 2.45) is 0 Å². The van der Waals surface area contributed by atoms with Crippen molar-refractivity contribution in [1.82, 2.24) is 19.9 Å². The molecule has 0 unspecified atom stereocenters. The van der Waals surface area contributed by atoms with Crippen LogP contribution in [0.4, 0.5) is 0 Å². The predicted octanol–water partition coefficient (Wildman–Crippen LogP) is 2.12. The van der Waals surface area contributed by atoms with Crippen LogP contribution in [0.25, 0.3) is 4.96 Å². The van der Waals surface area contributed by atoms with E-state index in [2.05, 4.69) is 15.4 Å². The molecule has 25 heavy (non-hydrogen) atoms. The Kier molecular flexibility index (Phi) is 5.39. The summed E-state index contributed by atoms with van der Waals surface area (Å²) in [6, 6.07) is 6.89. The summed E-state index contributed by atoms with van der Waals surface area (Å²) >= 11 is 1.52. The van der Waals surface area contributed by atoms with Crippen LogP contribution < -0.4 is 10.1 Å². The molecule has 8 heteroatoms. The molecule has 0 bridgehead atoms. The van der Waals surface area contributed by atoms with Crippen LogP contribution in [-0.2, 0) is 11.2 Å². The molecule has 7 nitrogen and oxygen atoms in total. The summed E-state index contributed by atoms with van der Waals surface area (Å²) in [5.41, 5.74) is 1.59. The zero-order valence-corrected chi connectivity index (χ0v) is 14.6. The van der Waals surface area contributed by atoms with E-state index in [1.807, 2.05) is 5.38 Å². The number of nitrogens with zero attached hydrogens (tertiary/aromatic N) is 3. The number of ketones is 1. The van der Waals surface area contributed by atoms with Crippen LogP contribution in [0.1, 0.15) is 28.9 Å². The van der Waals surface area contributed by atoms with Crippen molar-refractivity contribution in [2.45, 2.75) is 19.3 Å². The van der Waals surface area contributed by atoms with E-state index in [0.29, 0.717) is 24.3 Å². The van der Waals surface area contributed by atoms with E-state index in [1.165, 1.54) is 17.7 Å². The Morgan fingerprint density at radius 1 is 1.24 bits per heavy atom. The van der Waals surface area contributed by atoms with Gasteiger partial charge in [-0.1, -0.05) is 0 Å². The van der Waals surface area contributed by atoms with Gasteiger partial charge < -0.3 is 10.1 Å². The van der Waals surface area contributed by atoms with Gasteiger partial charge in [0.1, 0.15) is 12.1 Å². The number of nitrogens with one attached hydrogen (secondary N) is 1. The first-order valence-corrected chi connectivity index (χ1v) is 8.75. The molecule has 0 aliphatic heterocycles. The second-order valence-electron chi connectivity index (χ2n) is 5.43. The Labute approximate surface area is 148 Å². The Morgan fingerprint density at radius 3 is 2.80 bits per heavy atom. The fraction of sp³-hybridized carbons (Fsp3) is 0.294. The van der Waals surface area contributed by atoms with Gasteiger partial charge in [-0.3, -0.25) is 9.59 Å². The van der Waals surface area contributed by atoms with Crippen molar-refractivity contribution in [1.29, 1.82) is 0 Å². The molecule has 0 radical (unpaired) electrons. The zero-order valence-electron chi connectivity index (χ0n) is 13.8. The number of thiazole rings is 1. The smallest absolute Gasteiger partial charge is 0.220 e. The summed E-state index contributed by atoms with van der Waals surface area (Å²) in [7, 11) is 1.57. The first-order valence-electron chi connectivity index (χ1n) is 7.87. The van der Waals surface area contributed by atoms with E-state index < -0.39 is 0 Å². The second-order valence-corrected chi connectivity index (χ2v) is 6.27. The highest BCUT2D eigenvalue weighted by molar-refractivity contribution is 7.15. The minimum Gasteiger partial charge on any atom is -0.497 e. The van der Waals surface area contributed by atoms with Gasteiger partial charge in [0.05, 0.1) is 12.8 Å². The third-order valence-corrected chi connectivity index (χ3v) is 4.66. The third-order valence-electron chi connectivity index (χ3n) is 3.78. The van der Waals surface area contributed by atoms with Crippen molar-refractivity contribution in [2.75, 3.05) is 13.7 Å². The molecule has 0 fully saturated rings. The molecule has 1 amide bonds. The van der Waals surface area contributed by atoms with Crippen LogP contribution in [0.5, 0.6) is 5.75 Å². The highest BCUT2D eigenvalue weighted by atomic mass is 32.1. The van der Waals surface area contributed by atoms with Gasteiger partial charge in [-0.2, -0.15) is 5.10 Å². The summed E-state index contributed by atoms with van der Waals surface area (Å²) in [6.07, 6.45) is 2.54. The number of benzene rings is 1. The summed E-state index contributed by atoms with van der Waals surface area (Å²) in [5, 5.41) is 8.95. The SMILES string of the molecule is COc1ccc(C(=O)CCC(=O)NCCc2csc3ncnn23)cc1. The Balaban J connectivity index is 1.41. The standard InChI is InChI=1S/C17H18N4O3S/c1-24-14-4-2-12(3-5-14)15(22)6-7-16(23)18-9-8-13-10-25-17-19-11-20-21(13)17/h2-5,10-11H,6-9H2,1H3,(H,18,23). The van der Waals surface area contributed by atoms with Gasteiger partial charge in [0.25, 0.3) is 0 Å². The van der Waals surface area contributed by atoms with Gasteiger partial charge in [-0.15, -0.1) is 11.3 Å². The number of ether oxygens (including phenoxy) is 1. The van der Waals surface area contributed by atoms with Gasteiger partial charge >= 0.3 is 0 Å². The molecule has 0 saturated heterocycles. The quantitative estimate of drug-likeness (QED) is 0.624. The fourth-order valence-corrected chi connectivity index (χ4v) is 3.24. The van der Waals surface area contributed by atoms with Crippen molar-refractivity contribution in [3.8, 4) is 5.75 Å². The Bertz CT molecular complexity index is 870. The maximum Gasteiger partial charge on any atom is 0.220 e. The van der Waals surface area contributed by atoms with Crippen LogP contribution in [0.3, 0.4) is 0 Å². The Hall–Kier alpha value is -2.74. The van der Waals surface area contributed by atoms with Crippen molar-refractivity contribution in [3.63, 3.8) is 0 Å². The fourth-order valence-electron chi connectivity index (χ4n) is 2.41. The van der Waals surface area contributed by atoms with Gasteiger partial charge in [0.15, 0.2) is 5.78 Å². The normalized spacial score (nSPS) is 10.8. The lowest BCUT2D eigenvalue weighted by molar-refractivity contribution is -0.121. The lowest BCUT2D eigenvalue weighted by Gasteiger charge is -2.05. The lowest BCUT2D eigenvalue weighted by atomic mass is 10.1. The summed E-state index contributed by atoms with van der Waals surface area (Å²) in [5.74, 6) is 0.510. The van der Waals surface area contributed by atoms with Gasteiger partial charge in [-0.05, 0) is 24.3 Å². The number of fused-ring (bicyclic) bond motifs is 1. The van der Waals surface area contributed by atoms with Crippen LogP contribution in [0, 0.1) is 0 Å². The monoisotopic (exact) mass is 358 g/mol. The molecule has 1 aromatic carbocycles. The maximum atomic E-state index is 12.1. The highest BCUT2D eigenvalue weighted by Crippen LogP contribution is 2.14. The van der Waals surface area contributed by atoms with E-state index in [9.17, 15) is 9.59 Å². The molecular weight excluding hydrogens is 340 g/mol. The van der Waals surface area contributed by atoms with Crippen molar-refractivity contribution >= 4 is 28.0 Å². The predicted molar refractivity (Wildman–Crippen MR) is 94.1 cm³/mol. The van der Waals surface area contributed by atoms with E-state index in [-0.39, 0.29) is 24.5 Å². The number of methoxy groups -OCH3 is 1. The number of aromatic nitrogens is 3. The average molecular weight is 358 g/mol. The number of carbonyl (C=O) groups is 2. The number of amides is 1. The molecule has 1 N–H and O–H groups in total. The molecule has 3 rings (SSSR count). The van der Waals surface area contributed by atoms with E-state index in [4.69, 9.17) is 4.74 Å². The lowest BCUT2D eigenvalue weighted by Crippen LogP contribution is -2.26. The second kappa shape index (κ2) is 7.89. The van der Waals surface area contributed by atoms with Gasteiger partial charge in [0.2, 0.25) is 10.9 Å². The first-order chi connectivity index (χ1) is 12.2. The minimum atomic E-state index is -0.132. The molecule has 2 heterocycles. The first kappa shape index (κ1) is 17.1. The molecule has 0 saturated carbocycles. The topological polar surface area (TPSA) is 85.6 Å². The van der Waals surface area contributed by atoms with Crippen LogP contribution in [0.2, 0.25) is 0 Å². The maximum absolute atomic E-state index is 12.1.